The number of amides is 4. The summed E-state index contributed by atoms with van der Waals surface area (Å²) < 4.78 is 4.88. The SMILES string of the molecule is COC(=O)C1(NC(=O)[C@H](C)NC(=O)[C@H](CCCCN)NC(=O)[C@@H](CC(C)C)NC(C)=O)CCCC1. The number of hydrogen-bond acceptors (Lipinski definition) is 7. The molecule has 1 rings (SSSR count). The van der Waals surface area contributed by atoms with E-state index in [-0.39, 0.29) is 11.8 Å². The Balaban J connectivity index is 2.89. The van der Waals surface area contributed by atoms with Crippen LogP contribution in [0.15, 0.2) is 0 Å². The quantitative estimate of drug-likeness (QED) is 0.169. The van der Waals surface area contributed by atoms with Crippen molar-refractivity contribution in [1.82, 2.24) is 21.3 Å². The van der Waals surface area contributed by atoms with Crippen molar-refractivity contribution in [1.29, 1.82) is 0 Å². The minimum absolute atomic E-state index is 0.142. The Morgan fingerprint density at radius 1 is 0.886 bits per heavy atom. The molecular weight excluding hydrogens is 454 g/mol. The molecule has 0 aliphatic heterocycles. The maximum absolute atomic E-state index is 13.0. The highest BCUT2D eigenvalue weighted by atomic mass is 16.5. The minimum atomic E-state index is -1.08. The Hall–Kier alpha value is -2.69. The van der Waals surface area contributed by atoms with E-state index in [0.717, 1.165) is 12.8 Å². The zero-order chi connectivity index (χ0) is 26.6. The lowest BCUT2D eigenvalue weighted by molar-refractivity contribution is -0.151. The number of carbonyl (C=O) groups excluding carboxylic acids is 5. The van der Waals surface area contributed by atoms with Crippen molar-refractivity contribution in [3.63, 3.8) is 0 Å². The van der Waals surface area contributed by atoms with E-state index in [9.17, 15) is 24.0 Å². The van der Waals surface area contributed by atoms with Gasteiger partial charge in [0.1, 0.15) is 23.7 Å². The van der Waals surface area contributed by atoms with Gasteiger partial charge in [0.15, 0.2) is 0 Å². The van der Waals surface area contributed by atoms with Crippen LogP contribution in [0.3, 0.4) is 0 Å². The first-order valence-corrected chi connectivity index (χ1v) is 12.4. The molecule has 0 bridgehead atoms. The van der Waals surface area contributed by atoms with Crippen molar-refractivity contribution in [2.45, 2.75) is 103 Å². The average molecular weight is 498 g/mol. The number of carbonyl (C=O) groups is 5. The Morgan fingerprint density at radius 2 is 1.49 bits per heavy atom. The number of esters is 1. The van der Waals surface area contributed by atoms with Crippen molar-refractivity contribution >= 4 is 29.6 Å². The van der Waals surface area contributed by atoms with E-state index < -0.39 is 47.4 Å². The van der Waals surface area contributed by atoms with E-state index in [2.05, 4.69) is 21.3 Å². The summed E-state index contributed by atoms with van der Waals surface area (Å²) in [5, 5.41) is 10.8. The first-order valence-electron chi connectivity index (χ1n) is 12.4. The highest BCUT2D eigenvalue weighted by Gasteiger charge is 2.44. The second kappa shape index (κ2) is 14.7. The highest BCUT2D eigenvalue weighted by Crippen LogP contribution is 2.30. The number of unbranched alkanes of at least 4 members (excludes halogenated alkanes) is 1. The predicted octanol–water partition coefficient (Wildman–Crippen LogP) is 0.258. The molecule has 0 radical (unpaired) electrons. The van der Waals surface area contributed by atoms with Crippen molar-refractivity contribution in [2.24, 2.45) is 11.7 Å². The number of nitrogens with one attached hydrogen (secondary N) is 4. The smallest absolute Gasteiger partial charge is 0.331 e. The Morgan fingerprint density at radius 3 is 2.00 bits per heavy atom. The topological polar surface area (TPSA) is 169 Å². The summed E-state index contributed by atoms with van der Waals surface area (Å²) in [5.41, 5.74) is 4.49. The number of methoxy groups -OCH3 is 1. The van der Waals surface area contributed by atoms with Gasteiger partial charge < -0.3 is 31.7 Å². The molecule has 1 fully saturated rings. The molecule has 3 atom stereocenters. The summed E-state index contributed by atoms with van der Waals surface area (Å²) in [4.78, 5) is 62.6. The Bertz CT molecular complexity index is 751. The van der Waals surface area contributed by atoms with Crippen LogP contribution in [0.1, 0.15) is 79.1 Å². The first kappa shape index (κ1) is 30.3. The van der Waals surface area contributed by atoms with Crippen LogP contribution in [0.5, 0.6) is 0 Å². The maximum atomic E-state index is 13.0. The molecule has 0 aromatic carbocycles. The van der Waals surface area contributed by atoms with E-state index in [1.807, 2.05) is 13.8 Å². The van der Waals surface area contributed by atoms with Gasteiger partial charge in [0.25, 0.3) is 0 Å². The standard InChI is InChI=1S/C24H43N5O6/c1-15(2)14-19(27-17(4)30)22(33)28-18(10-6-9-13-25)21(32)26-16(3)20(31)29-24(23(34)35-5)11-7-8-12-24/h15-16,18-19H,6-14,25H2,1-5H3,(H,26,32)(H,27,30)(H,28,33)(H,29,31)/t16-,18-,19+/m0/s1. The second-order valence-electron chi connectivity index (χ2n) is 9.73. The van der Waals surface area contributed by atoms with Crippen molar-refractivity contribution < 1.29 is 28.7 Å². The maximum Gasteiger partial charge on any atom is 0.331 e. The van der Waals surface area contributed by atoms with Crippen molar-refractivity contribution in [2.75, 3.05) is 13.7 Å². The molecule has 0 aromatic rings. The molecule has 1 aliphatic rings. The van der Waals surface area contributed by atoms with Gasteiger partial charge in [-0.05, 0) is 57.9 Å². The first-order chi connectivity index (χ1) is 16.5. The molecule has 11 heteroatoms. The fourth-order valence-corrected chi connectivity index (χ4v) is 4.26. The van der Waals surface area contributed by atoms with E-state index in [1.54, 1.807) is 0 Å². The molecule has 11 nitrogen and oxygen atoms in total. The summed E-state index contributed by atoms with van der Waals surface area (Å²) in [6.07, 6.45) is 4.53. The largest absolute Gasteiger partial charge is 0.467 e. The lowest BCUT2D eigenvalue weighted by Gasteiger charge is -2.29. The molecule has 0 saturated heterocycles. The third-order valence-electron chi connectivity index (χ3n) is 6.13. The van der Waals surface area contributed by atoms with Gasteiger partial charge in [0.2, 0.25) is 23.6 Å². The molecule has 1 saturated carbocycles. The summed E-state index contributed by atoms with van der Waals surface area (Å²) in [5.74, 6) is -2.19. The normalized spacial score (nSPS) is 17.1. The van der Waals surface area contributed by atoms with Gasteiger partial charge >= 0.3 is 5.97 Å². The van der Waals surface area contributed by atoms with Crippen LogP contribution in [-0.2, 0) is 28.7 Å². The predicted molar refractivity (Wildman–Crippen MR) is 131 cm³/mol. The second-order valence-corrected chi connectivity index (χ2v) is 9.73. The summed E-state index contributed by atoms with van der Waals surface area (Å²) in [6.45, 7) is 7.15. The van der Waals surface area contributed by atoms with Gasteiger partial charge in [-0.15, -0.1) is 0 Å². The van der Waals surface area contributed by atoms with Crippen LogP contribution in [-0.4, -0.2) is 66.9 Å². The molecule has 0 unspecified atom stereocenters. The van der Waals surface area contributed by atoms with Gasteiger partial charge in [-0.3, -0.25) is 19.2 Å². The molecule has 0 aromatic heterocycles. The van der Waals surface area contributed by atoms with Crippen molar-refractivity contribution in [3.8, 4) is 0 Å². The zero-order valence-corrected chi connectivity index (χ0v) is 21.7. The third kappa shape index (κ3) is 9.83. The van der Waals surface area contributed by atoms with Crippen LogP contribution in [0.4, 0.5) is 0 Å². The molecule has 6 N–H and O–H groups in total. The lowest BCUT2D eigenvalue weighted by atomic mass is 9.97. The average Bonchev–Trinajstić information content (AvgIpc) is 3.26. The van der Waals surface area contributed by atoms with Gasteiger partial charge in [0, 0.05) is 6.92 Å². The van der Waals surface area contributed by atoms with Crippen LogP contribution < -0.4 is 27.0 Å². The fraction of sp³-hybridized carbons (Fsp3) is 0.792. The number of ether oxygens (including phenoxy) is 1. The molecule has 1 aliphatic carbocycles. The molecule has 4 amide bonds. The number of nitrogens with two attached hydrogens (primary N) is 1. The monoisotopic (exact) mass is 497 g/mol. The zero-order valence-electron chi connectivity index (χ0n) is 21.7. The molecular formula is C24H43N5O6. The van der Waals surface area contributed by atoms with E-state index >= 15 is 0 Å². The van der Waals surface area contributed by atoms with E-state index in [0.29, 0.717) is 45.1 Å². The summed E-state index contributed by atoms with van der Waals surface area (Å²) in [6, 6.07) is -2.63. The van der Waals surface area contributed by atoms with Gasteiger partial charge in [-0.2, -0.15) is 0 Å². The number of hydrogen-bond donors (Lipinski definition) is 5. The molecule has 200 valence electrons. The number of rotatable bonds is 14. The van der Waals surface area contributed by atoms with Crippen LogP contribution in [0.25, 0.3) is 0 Å². The summed E-state index contributed by atoms with van der Waals surface area (Å²) >= 11 is 0. The molecule has 0 spiro atoms. The lowest BCUT2D eigenvalue weighted by Crippen LogP contribution is -2.60. The molecule has 0 heterocycles. The van der Waals surface area contributed by atoms with Crippen molar-refractivity contribution in [3.05, 3.63) is 0 Å². The van der Waals surface area contributed by atoms with Crippen LogP contribution in [0.2, 0.25) is 0 Å². The van der Waals surface area contributed by atoms with Gasteiger partial charge in [-0.25, -0.2) is 4.79 Å². The van der Waals surface area contributed by atoms with Gasteiger partial charge in [-0.1, -0.05) is 26.7 Å². The van der Waals surface area contributed by atoms with Crippen LogP contribution >= 0.6 is 0 Å². The van der Waals surface area contributed by atoms with Gasteiger partial charge in [0.05, 0.1) is 7.11 Å². The Kier molecular flexibility index (Phi) is 12.7. The minimum Gasteiger partial charge on any atom is -0.467 e. The fourth-order valence-electron chi connectivity index (χ4n) is 4.26. The Labute approximate surface area is 208 Å². The van der Waals surface area contributed by atoms with E-state index in [4.69, 9.17) is 10.5 Å². The van der Waals surface area contributed by atoms with E-state index in [1.165, 1.54) is 21.0 Å². The van der Waals surface area contributed by atoms with Crippen LogP contribution in [0, 0.1) is 5.92 Å². The summed E-state index contributed by atoms with van der Waals surface area (Å²) in [7, 11) is 1.28. The molecule has 35 heavy (non-hydrogen) atoms. The third-order valence-corrected chi connectivity index (χ3v) is 6.13. The highest BCUT2D eigenvalue weighted by molar-refractivity contribution is 5.95.